The number of benzene rings is 3. The molecule has 0 N–H and O–H groups in total. The van der Waals surface area contributed by atoms with Gasteiger partial charge in [-0.2, -0.15) is 0 Å². The van der Waals surface area contributed by atoms with Crippen molar-refractivity contribution in [1.82, 2.24) is 0 Å². The number of hydrogen-bond acceptors (Lipinski definition) is 5. The molecule has 0 saturated carbocycles. The van der Waals surface area contributed by atoms with Crippen LogP contribution in [0.5, 0.6) is 0 Å². The molecule has 0 bridgehead atoms. The van der Waals surface area contributed by atoms with E-state index in [0.717, 1.165) is 15.8 Å². The van der Waals surface area contributed by atoms with E-state index in [1.54, 1.807) is 0 Å². The van der Waals surface area contributed by atoms with Crippen LogP contribution in [0.3, 0.4) is 0 Å². The van der Waals surface area contributed by atoms with Gasteiger partial charge in [0.1, 0.15) is 0 Å². The quantitative estimate of drug-likeness (QED) is 0.109. The topological polar surface area (TPSA) is 9.23 Å². The summed E-state index contributed by atoms with van der Waals surface area (Å²) in [5.74, 6) is 8.10. The van der Waals surface area contributed by atoms with Gasteiger partial charge in [0.05, 0.1) is 0 Å². The maximum atomic E-state index is 6.09. The van der Waals surface area contributed by atoms with Gasteiger partial charge in [0.2, 0.25) is 0 Å². The van der Waals surface area contributed by atoms with E-state index in [9.17, 15) is 0 Å². The molecule has 4 aromatic heterocycles. The molecule has 9 rings (SSSR count). The summed E-state index contributed by atoms with van der Waals surface area (Å²) >= 11 is 9.56. The molecule has 5 heterocycles. The first-order valence-electron chi connectivity index (χ1n) is 20.9. The van der Waals surface area contributed by atoms with E-state index in [2.05, 4.69) is 197 Å². The molecule has 1 nitrogen and oxygen atoms in total. The van der Waals surface area contributed by atoms with Crippen LogP contribution in [0.1, 0.15) is 87.0 Å². The summed E-state index contributed by atoms with van der Waals surface area (Å²) in [5, 5.41) is 4.98. The third-order valence-electron chi connectivity index (χ3n) is 12.0. The zero-order chi connectivity index (χ0) is 43.0. The Kier molecular flexibility index (Phi) is 12.8. The standard InChI is InChI=1S/C55H47OPS4.Os/c1-8-19-46-31-48-52(50-28-35(3)38(6)58-50)55-49(53(54(48)60-46)51-29-36(4)39(7)59-51)32-47(61-55)27-26-41(30-42-34-56-33-40(42)9-2)37(5)57(43-20-13-10-14-21-43,44-22-15-11-16-23-44)45-24-17-12-18-25-45;/h8-25,28-32,52-53H,33-34H2,1-4,6-7H3;/q+1;/b19-8+,40-9?,41-37?,42-30?;. The summed E-state index contributed by atoms with van der Waals surface area (Å²) in [7, 11) is -2.51. The van der Waals surface area contributed by atoms with Crippen LogP contribution in [0, 0.1) is 43.9 Å². The number of hydrogen-bond donors (Lipinski definition) is 0. The van der Waals surface area contributed by atoms with Crippen LogP contribution in [0.2, 0.25) is 0 Å². The summed E-state index contributed by atoms with van der Waals surface area (Å²) in [4.78, 5) is 10.9. The van der Waals surface area contributed by atoms with E-state index in [1.807, 2.05) is 63.3 Å². The molecule has 1 fully saturated rings. The molecule has 7 aromatic rings. The minimum absolute atomic E-state index is 0.165. The Hall–Kier alpha value is -4.21. The van der Waals surface area contributed by atoms with Gasteiger partial charge in [-0.15, -0.1) is 0 Å². The molecule has 309 valence electrons. The summed E-state index contributed by atoms with van der Waals surface area (Å²) in [5.41, 5.74) is 8.96. The van der Waals surface area contributed by atoms with E-state index >= 15 is 0 Å². The zero-order valence-corrected chi connectivity index (χ0v) is 42.4. The average Bonchev–Trinajstić information content (AvgIpc) is 4.14. The molecule has 0 radical (unpaired) electrons. The second-order valence-corrected chi connectivity index (χ2v) is 24.5. The first-order valence-corrected chi connectivity index (χ1v) is 27.2. The van der Waals surface area contributed by atoms with Crippen molar-refractivity contribution in [2.45, 2.75) is 53.4 Å². The van der Waals surface area contributed by atoms with Gasteiger partial charge in [0.15, 0.2) is 0 Å². The third-order valence-corrected chi connectivity index (χ3v) is 22.2. The van der Waals surface area contributed by atoms with E-state index in [4.69, 9.17) is 4.74 Å². The Morgan fingerprint density at radius 1 is 0.661 bits per heavy atom. The minimum atomic E-state index is -2.51. The van der Waals surface area contributed by atoms with Gasteiger partial charge in [0, 0.05) is 0 Å². The summed E-state index contributed by atoms with van der Waals surface area (Å²) in [6, 6.07) is 43.0. The fraction of sp³-hybridized carbons (Fsp3) is 0.182. The van der Waals surface area contributed by atoms with Crippen molar-refractivity contribution in [3.8, 4) is 16.2 Å². The van der Waals surface area contributed by atoms with Crippen LogP contribution in [0.25, 0.3) is 6.08 Å². The molecule has 2 unspecified atom stereocenters. The second kappa shape index (κ2) is 18.5. The predicted molar refractivity (Wildman–Crippen MR) is 268 cm³/mol. The SMILES string of the molecule is CC=C1COCC1=CC(C#Cc1cc2c(s1)C(c1cc(C)c(C)s1)c1cc(/C=C/C)sc1C2c1cc(C)c(C)s1)=C([C]#[Os])[P+](c1ccccc1)(c1ccccc1)c1ccccc1. The van der Waals surface area contributed by atoms with Gasteiger partial charge in [-0.25, -0.2) is 0 Å². The molecule has 0 amide bonds. The molecule has 62 heavy (non-hydrogen) atoms. The van der Waals surface area contributed by atoms with Crippen molar-refractivity contribution >= 4 is 74.6 Å². The van der Waals surface area contributed by atoms with Gasteiger partial charge in [-0.3, -0.25) is 0 Å². The molecule has 1 aliphatic carbocycles. The van der Waals surface area contributed by atoms with E-state index < -0.39 is 7.26 Å². The summed E-state index contributed by atoms with van der Waals surface area (Å²) in [6.07, 6.45) is 8.96. The fourth-order valence-electron chi connectivity index (χ4n) is 8.81. The van der Waals surface area contributed by atoms with Crippen molar-refractivity contribution in [1.29, 1.82) is 0 Å². The van der Waals surface area contributed by atoms with Crippen LogP contribution in [0.15, 0.2) is 156 Å². The first-order chi connectivity index (χ1) is 30.2. The maximum absolute atomic E-state index is 6.09. The number of thiophene rings is 4. The van der Waals surface area contributed by atoms with Gasteiger partial charge in [0.25, 0.3) is 0 Å². The Labute approximate surface area is 393 Å². The molecule has 2 aliphatic rings. The molecule has 0 spiro atoms. The Bertz CT molecular complexity index is 2800. The van der Waals surface area contributed by atoms with Crippen LogP contribution >= 0.6 is 52.6 Å². The van der Waals surface area contributed by atoms with Crippen LogP contribution in [-0.2, 0) is 22.7 Å². The van der Waals surface area contributed by atoms with Crippen LogP contribution in [0.4, 0.5) is 0 Å². The third kappa shape index (κ3) is 7.88. The van der Waals surface area contributed by atoms with Crippen molar-refractivity contribution in [3.63, 3.8) is 0 Å². The molecule has 2 atom stereocenters. The summed E-state index contributed by atoms with van der Waals surface area (Å²) in [6.45, 7) is 14.4. The number of allylic oxidation sites excluding steroid dienone is 5. The molecule has 1 aliphatic heterocycles. The number of fused-ring (bicyclic) bond motifs is 2. The van der Waals surface area contributed by atoms with Crippen LogP contribution < -0.4 is 15.9 Å². The monoisotopic (exact) mass is 1070 g/mol. The average molecular weight is 1070 g/mol. The van der Waals surface area contributed by atoms with Crippen molar-refractivity contribution in [2.24, 2.45) is 0 Å². The molecular formula is C55H47OOsPS4+. The van der Waals surface area contributed by atoms with Crippen LogP contribution in [-0.4, -0.2) is 13.2 Å². The number of rotatable bonds is 8. The fourth-order valence-corrected chi connectivity index (χ4v) is 19.6. The number of ether oxygens (including phenoxy) is 1. The first kappa shape index (κ1) is 43.1. The number of aryl methyl sites for hydroxylation is 4. The second-order valence-electron chi connectivity index (χ2n) is 15.8. The Morgan fingerprint density at radius 3 is 1.66 bits per heavy atom. The Balaban J connectivity index is 1.32. The molecule has 1 saturated heterocycles. The zero-order valence-electron chi connectivity index (χ0n) is 35.7. The molecule has 7 heteroatoms. The Morgan fingerprint density at radius 2 is 1.18 bits per heavy atom. The van der Waals surface area contributed by atoms with Crippen molar-refractivity contribution in [2.75, 3.05) is 13.2 Å². The van der Waals surface area contributed by atoms with Gasteiger partial charge in [-0.05, 0) is 40.7 Å². The van der Waals surface area contributed by atoms with Crippen molar-refractivity contribution in [3.05, 3.63) is 217 Å². The summed E-state index contributed by atoms with van der Waals surface area (Å²) < 4.78 is 9.97. The van der Waals surface area contributed by atoms with E-state index in [-0.39, 0.29) is 11.8 Å². The van der Waals surface area contributed by atoms with E-state index in [0.29, 0.717) is 13.2 Å². The molecule has 3 aromatic carbocycles. The van der Waals surface area contributed by atoms with Gasteiger partial charge in [-0.1, -0.05) is 6.08 Å². The normalized spacial score (nSPS) is 17.8. The van der Waals surface area contributed by atoms with Gasteiger partial charge >= 0.3 is 350 Å². The van der Waals surface area contributed by atoms with Crippen molar-refractivity contribution < 1.29 is 22.7 Å². The van der Waals surface area contributed by atoms with Gasteiger partial charge < -0.3 is 0 Å². The molecular weight excluding hydrogens is 1030 g/mol. The predicted octanol–water partition coefficient (Wildman–Crippen LogP) is 13.9. The van der Waals surface area contributed by atoms with E-state index in [1.165, 1.54) is 83.5 Å².